The van der Waals surface area contributed by atoms with Crippen molar-refractivity contribution in [2.75, 3.05) is 32.3 Å². The highest BCUT2D eigenvalue weighted by Crippen LogP contribution is 2.44. The number of hydrogen-bond acceptors (Lipinski definition) is 6. The summed E-state index contributed by atoms with van der Waals surface area (Å²) in [5.74, 6) is -1.11. The Balaban J connectivity index is 1.61. The molecule has 8 nitrogen and oxygen atoms in total. The van der Waals surface area contributed by atoms with Gasteiger partial charge >= 0.3 is 12.1 Å². The Kier molecular flexibility index (Phi) is 8.73. The van der Waals surface area contributed by atoms with E-state index >= 15 is 0 Å². The standard InChI is InChI=1S/C24H28N2O6S/c1-31-21(23(28)29)13-25-22(27)20(11-12-33-2)26-24(30)32-14-19-17-9-5-3-7-15(17)16-8-4-6-10-18(16)19/h3-10,19-21H,11-14H2,1-2H3,(H,25,27)(H,26,30)(H,28,29)/t20-,21?/m1/s1. The number of carboxylic acid groups (broad SMARTS) is 1. The van der Waals surface area contributed by atoms with Gasteiger partial charge in [-0.2, -0.15) is 11.8 Å². The number of thioether (sulfide) groups is 1. The molecule has 0 spiro atoms. The summed E-state index contributed by atoms with van der Waals surface area (Å²) in [4.78, 5) is 36.2. The number of carbonyl (C=O) groups excluding carboxylic acids is 2. The maximum absolute atomic E-state index is 12.6. The van der Waals surface area contributed by atoms with Crippen molar-refractivity contribution < 1.29 is 29.0 Å². The zero-order valence-corrected chi connectivity index (χ0v) is 19.4. The van der Waals surface area contributed by atoms with Crippen LogP contribution in [0.4, 0.5) is 4.79 Å². The lowest BCUT2D eigenvalue weighted by atomic mass is 9.98. The summed E-state index contributed by atoms with van der Waals surface area (Å²) in [5.41, 5.74) is 4.46. The fourth-order valence-electron chi connectivity index (χ4n) is 3.87. The van der Waals surface area contributed by atoms with Crippen molar-refractivity contribution in [2.45, 2.75) is 24.5 Å². The maximum atomic E-state index is 12.6. The van der Waals surface area contributed by atoms with Gasteiger partial charge in [0.1, 0.15) is 12.6 Å². The molecule has 176 valence electrons. The maximum Gasteiger partial charge on any atom is 0.407 e. The van der Waals surface area contributed by atoms with Crippen molar-refractivity contribution in [3.05, 3.63) is 59.7 Å². The first-order valence-corrected chi connectivity index (χ1v) is 12.0. The lowest BCUT2D eigenvalue weighted by molar-refractivity contribution is -0.148. The second kappa shape index (κ2) is 11.7. The molecule has 0 saturated carbocycles. The number of rotatable bonds is 11. The highest BCUT2D eigenvalue weighted by molar-refractivity contribution is 7.98. The average Bonchev–Trinajstić information content (AvgIpc) is 3.14. The number of amides is 2. The van der Waals surface area contributed by atoms with Crippen LogP contribution in [-0.4, -0.2) is 67.5 Å². The third-order valence-electron chi connectivity index (χ3n) is 5.58. The van der Waals surface area contributed by atoms with E-state index in [1.165, 1.54) is 18.9 Å². The van der Waals surface area contributed by atoms with Gasteiger partial charge in [0.2, 0.25) is 5.91 Å². The van der Waals surface area contributed by atoms with Gasteiger partial charge < -0.3 is 25.2 Å². The number of benzene rings is 2. The Labute approximate surface area is 197 Å². The lowest BCUT2D eigenvalue weighted by Gasteiger charge is -2.20. The zero-order valence-electron chi connectivity index (χ0n) is 18.6. The van der Waals surface area contributed by atoms with Crippen LogP contribution >= 0.6 is 11.8 Å². The number of carbonyl (C=O) groups is 3. The van der Waals surface area contributed by atoms with E-state index in [-0.39, 0.29) is 19.1 Å². The molecule has 0 aliphatic heterocycles. The summed E-state index contributed by atoms with van der Waals surface area (Å²) in [5, 5.41) is 14.2. The van der Waals surface area contributed by atoms with Gasteiger partial charge in [0.25, 0.3) is 0 Å². The molecule has 2 aromatic rings. The topological polar surface area (TPSA) is 114 Å². The van der Waals surface area contributed by atoms with Crippen molar-refractivity contribution in [3.63, 3.8) is 0 Å². The second-order valence-corrected chi connectivity index (χ2v) is 8.60. The van der Waals surface area contributed by atoms with E-state index in [1.807, 2.05) is 42.7 Å². The van der Waals surface area contributed by atoms with Gasteiger partial charge in [-0.3, -0.25) is 4.79 Å². The van der Waals surface area contributed by atoms with Crippen LogP contribution in [-0.2, 0) is 19.1 Å². The molecule has 33 heavy (non-hydrogen) atoms. The molecule has 1 aliphatic rings. The normalized spacial score (nSPS) is 14.0. The monoisotopic (exact) mass is 472 g/mol. The predicted octanol–water partition coefficient (Wildman–Crippen LogP) is 2.86. The third-order valence-corrected chi connectivity index (χ3v) is 6.23. The number of fused-ring (bicyclic) bond motifs is 3. The summed E-state index contributed by atoms with van der Waals surface area (Å²) in [6.45, 7) is -0.0612. The summed E-state index contributed by atoms with van der Waals surface area (Å²) >= 11 is 1.54. The molecule has 0 radical (unpaired) electrons. The number of carboxylic acids is 1. The highest BCUT2D eigenvalue weighted by atomic mass is 32.2. The summed E-state index contributed by atoms with van der Waals surface area (Å²) in [6, 6.07) is 15.2. The first-order valence-electron chi connectivity index (χ1n) is 10.6. The van der Waals surface area contributed by atoms with Crippen LogP contribution in [0.1, 0.15) is 23.5 Å². The first kappa shape index (κ1) is 24.6. The molecule has 0 bridgehead atoms. The molecular formula is C24H28N2O6S. The summed E-state index contributed by atoms with van der Waals surface area (Å²) < 4.78 is 10.4. The molecule has 1 aliphatic carbocycles. The molecule has 0 heterocycles. The molecule has 0 fully saturated rings. The molecular weight excluding hydrogens is 444 g/mol. The lowest BCUT2D eigenvalue weighted by Crippen LogP contribution is -2.49. The van der Waals surface area contributed by atoms with Crippen LogP contribution in [0.2, 0.25) is 0 Å². The van der Waals surface area contributed by atoms with Crippen LogP contribution in [0.25, 0.3) is 11.1 Å². The van der Waals surface area contributed by atoms with E-state index in [4.69, 9.17) is 14.6 Å². The molecule has 3 N–H and O–H groups in total. The Bertz CT molecular complexity index is 953. The SMILES string of the molecule is COC(CNC(=O)[C@@H](CCSC)NC(=O)OCC1c2ccccc2-c2ccccc21)C(=O)O. The fraction of sp³-hybridized carbons (Fsp3) is 0.375. The van der Waals surface area contributed by atoms with Crippen molar-refractivity contribution in [3.8, 4) is 11.1 Å². The zero-order chi connectivity index (χ0) is 23.8. The van der Waals surface area contributed by atoms with Gasteiger partial charge in [0.15, 0.2) is 6.10 Å². The van der Waals surface area contributed by atoms with Crippen molar-refractivity contribution in [1.82, 2.24) is 10.6 Å². The Morgan fingerprint density at radius 2 is 1.67 bits per heavy atom. The number of alkyl carbamates (subject to hydrolysis) is 1. The predicted molar refractivity (Wildman–Crippen MR) is 126 cm³/mol. The minimum Gasteiger partial charge on any atom is -0.479 e. The van der Waals surface area contributed by atoms with Crippen LogP contribution in [0, 0.1) is 0 Å². The molecule has 2 aromatic carbocycles. The quantitative estimate of drug-likeness (QED) is 0.461. The molecule has 9 heteroatoms. The molecule has 2 atom stereocenters. The van der Waals surface area contributed by atoms with Crippen LogP contribution < -0.4 is 10.6 Å². The van der Waals surface area contributed by atoms with E-state index in [0.717, 1.165) is 22.3 Å². The van der Waals surface area contributed by atoms with Crippen molar-refractivity contribution in [1.29, 1.82) is 0 Å². The Morgan fingerprint density at radius 3 is 2.21 bits per heavy atom. The average molecular weight is 473 g/mol. The van der Waals surface area contributed by atoms with E-state index in [2.05, 4.69) is 22.8 Å². The largest absolute Gasteiger partial charge is 0.479 e. The molecule has 0 aromatic heterocycles. The van der Waals surface area contributed by atoms with Gasteiger partial charge in [-0.25, -0.2) is 9.59 Å². The van der Waals surface area contributed by atoms with Gasteiger partial charge in [0, 0.05) is 13.0 Å². The van der Waals surface area contributed by atoms with Crippen LogP contribution in [0.5, 0.6) is 0 Å². The molecule has 3 rings (SSSR count). The minimum atomic E-state index is -1.18. The minimum absolute atomic E-state index is 0.0837. The number of methoxy groups -OCH3 is 1. The van der Waals surface area contributed by atoms with Crippen LogP contribution in [0.15, 0.2) is 48.5 Å². The summed E-state index contributed by atoms with van der Waals surface area (Å²) in [7, 11) is 1.26. The Hall–Kier alpha value is -3.04. The smallest absolute Gasteiger partial charge is 0.407 e. The van der Waals surface area contributed by atoms with Gasteiger partial charge in [-0.1, -0.05) is 48.5 Å². The molecule has 0 saturated heterocycles. The van der Waals surface area contributed by atoms with Gasteiger partial charge in [-0.05, 0) is 40.7 Å². The van der Waals surface area contributed by atoms with E-state index in [9.17, 15) is 14.4 Å². The van der Waals surface area contributed by atoms with Crippen molar-refractivity contribution >= 4 is 29.7 Å². The highest BCUT2D eigenvalue weighted by Gasteiger charge is 2.30. The number of hydrogen-bond donors (Lipinski definition) is 3. The number of ether oxygens (including phenoxy) is 2. The Morgan fingerprint density at radius 1 is 1.06 bits per heavy atom. The first-order chi connectivity index (χ1) is 16.0. The molecule has 2 amide bonds. The summed E-state index contributed by atoms with van der Waals surface area (Å²) in [6.07, 6.45) is 0.416. The molecule has 1 unspecified atom stereocenters. The van der Waals surface area contributed by atoms with Crippen molar-refractivity contribution in [2.24, 2.45) is 0 Å². The van der Waals surface area contributed by atoms with Gasteiger partial charge in [-0.15, -0.1) is 0 Å². The van der Waals surface area contributed by atoms with E-state index in [1.54, 1.807) is 0 Å². The van der Waals surface area contributed by atoms with Crippen LogP contribution in [0.3, 0.4) is 0 Å². The third kappa shape index (κ3) is 6.06. The number of nitrogens with one attached hydrogen (secondary N) is 2. The second-order valence-electron chi connectivity index (χ2n) is 7.61. The number of aliphatic carboxylic acids is 1. The van der Waals surface area contributed by atoms with E-state index < -0.39 is 30.1 Å². The van der Waals surface area contributed by atoms with E-state index in [0.29, 0.717) is 12.2 Å². The van der Waals surface area contributed by atoms with Gasteiger partial charge in [0.05, 0.1) is 6.54 Å². The fourth-order valence-corrected chi connectivity index (χ4v) is 4.35.